The van der Waals surface area contributed by atoms with Crippen LogP contribution >= 0.6 is 0 Å². The minimum Gasteiger partial charge on any atom is -0.463 e. The van der Waals surface area contributed by atoms with Gasteiger partial charge in [-0.05, 0) is 13.8 Å². The van der Waals surface area contributed by atoms with Crippen LogP contribution in [-0.2, 0) is 19.1 Å². The molecule has 0 radical (unpaired) electrons. The zero-order chi connectivity index (χ0) is 12.1. The topological polar surface area (TPSA) is 84.5 Å². The zero-order valence-corrected chi connectivity index (χ0v) is 9.20. The number of nitrogens with one attached hydrogen (secondary N) is 2. The van der Waals surface area contributed by atoms with Gasteiger partial charge in [0.25, 0.3) is 0 Å². The second-order valence-corrected chi connectivity index (χ2v) is 3.39. The molecule has 1 aliphatic rings. The molecule has 0 unspecified atom stereocenters. The smallest absolute Gasteiger partial charge is 0.332 e. The number of imide groups is 1. The Hall–Kier alpha value is -1.85. The summed E-state index contributed by atoms with van der Waals surface area (Å²) in [6.45, 7) is 3.63. The predicted molar refractivity (Wildman–Crippen MR) is 55.1 cm³/mol. The van der Waals surface area contributed by atoms with Gasteiger partial charge >= 0.3 is 5.97 Å². The van der Waals surface area contributed by atoms with Gasteiger partial charge in [-0.15, -0.1) is 0 Å². The number of hydrogen-bond donors (Lipinski definition) is 2. The van der Waals surface area contributed by atoms with Crippen LogP contribution in [0.3, 0.4) is 0 Å². The molecule has 1 fully saturated rings. The number of carbonyl (C=O) groups is 3. The third-order valence-corrected chi connectivity index (χ3v) is 1.99. The van der Waals surface area contributed by atoms with E-state index in [-0.39, 0.29) is 18.2 Å². The normalized spacial score (nSPS) is 20.6. The Morgan fingerprint density at radius 1 is 1.62 bits per heavy atom. The Kier molecular flexibility index (Phi) is 4.04. The van der Waals surface area contributed by atoms with Crippen molar-refractivity contribution in [3.8, 4) is 0 Å². The fourth-order valence-electron chi connectivity index (χ4n) is 1.35. The van der Waals surface area contributed by atoms with Crippen molar-refractivity contribution < 1.29 is 19.1 Å². The first-order valence-electron chi connectivity index (χ1n) is 4.98. The lowest BCUT2D eigenvalue weighted by atomic mass is 10.2. The van der Waals surface area contributed by atoms with Gasteiger partial charge in [0.2, 0.25) is 11.8 Å². The largest absolute Gasteiger partial charge is 0.463 e. The first-order valence-corrected chi connectivity index (χ1v) is 4.98. The highest BCUT2D eigenvalue weighted by Crippen LogP contribution is 2.03. The second kappa shape index (κ2) is 5.29. The first kappa shape index (κ1) is 12.2. The maximum absolute atomic E-state index is 11.2. The fourth-order valence-corrected chi connectivity index (χ4v) is 1.35. The van der Waals surface area contributed by atoms with Crippen molar-refractivity contribution >= 4 is 17.8 Å². The SMILES string of the molecule is CCOC(=O)/C=C(/C)N[C@H]1CC(=O)NC1=O. The van der Waals surface area contributed by atoms with Crippen LogP contribution in [0.1, 0.15) is 20.3 Å². The fraction of sp³-hybridized carbons (Fsp3) is 0.500. The minimum atomic E-state index is -0.599. The third-order valence-electron chi connectivity index (χ3n) is 1.99. The van der Waals surface area contributed by atoms with Gasteiger partial charge in [0.05, 0.1) is 13.0 Å². The van der Waals surface area contributed by atoms with E-state index in [1.807, 2.05) is 0 Å². The van der Waals surface area contributed by atoms with Gasteiger partial charge in [0.15, 0.2) is 0 Å². The van der Waals surface area contributed by atoms with Crippen molar-refractivity contribution in [3.63, 3.8) is 0 Å². The van der Waals surface area contributed by atoms with Crippen LogP contribution in [0.15, 0.2) is 11.8 Å². The lowest BCUT2D eigenvalue weighted by Gasteiger charge is -2.10. The molecule has 1 saturated heterocycles. The van der Waals surface area contributed by atoms with Gasteiger partial charge in [-0.1, -0.05) is 0 Å². The maximum Gasteiger partial charge on any atom is 0.332 e. The van der Waals surface area contributed by atoms with Crippen LogP contribution in [0.2, 0.25) is 0 Å². The van der Waals surface area contributed by atoms with Gasteiger partial charge in [-0.2, -0.15) is 0 Å². The molecular weight excluding hydrogens is 212 g/mol. The highest BCUT2D eigenvalue weighted by Gasteiger charge is 2.30. The molecular formula is C10H14N2O4. The van der Waals surface area contributed by atoms with Crippen molar-refractivity contribution in [2.24, 2.45) is 0 Å². The summed E-state index contributed by atoms with van der Waals surface area (Å²) < 4.78 is 4.70. The molecule has 2 N–H and O–H groups in total. The summed E-state index contributed by atoms with van der Waals surface area (Å²) in [4.78, 5) is 33.1. The predicted octanol–water partition coefficient (Wildman–Crippen LogP) is -0.542. The van der Waals surface area contributed by atoms with Gasteiger partial charge in [0.1, 0.15) is 6.04 Å². The van der Waals surface area contributed by atoms with Crippen LogP contribution in [0.25, 0.3) is 0 Å². The van der Waals surface area contributed by atoms with Gasteiger partial charge in [-0.3, -0.25) is 14.9 Å². The number of rotatable bonds is 4. The molecule has 1 rings (SSSR count). The third kappa shape index (κ3) is 3.38. The van der Waals surface area contributed by atoms with Crippen molar-refractivity contribution in [3.05, 3.63) is 11.8 Å². The molecule has 0 aromatic heterocycles. The lowest BCUT2D eigenvalue weighted by Crippen LogP contribution is -2.35. The molecule has 16 heavy (non-hydrogen) atoms. The van der Waals surface area contributed by atoms with Crippen LogP contribution in [-0.4, -0.2) is 30.4 Å². The second-order valence-electron chi connectivity index (χ2n) is 3.39. The molecule has 0 aromatic rings. The molecule has 0 aliphatic carbocycles. The van der Waals surface area contributed by atoms with Crippen molar-refractivity contribution in [1.29, 1.82) is 0 Å². The Morgan fingerprint density at radius 3 is 2.81 bits per heavy atom. The lowest BCUT2D eigenvalue weighted by molar-refractivity contribution is -0.137. The summed E-state index contributed by atoms with van der Waals surface area (Å²) in [6.07, 6.45) is 1.34. The minimum absolute atomic E-state index is 0.0901. The molecule has 88 valence electrons. The molecule has 1 heterocycles. The number of esters is 1. The van der Waals surface area contributed by atoms with E-state index in [4.69, 9.17) is 4.74 Å². The molecule has 1 atom stereocenters. The van der Waals surface area contributed by atoms with Crippen LogP contribution in [0.4, 0.5) is 0 Å². The molecule has 2 amide bonds. The van der Waals surface area contributed by atoms with Crippen LogP contribution in [0, 0.1) is 0 Å². The van der Waals surface area contributed by atoms with Crippen LogP contribution < -0.4 is 10.6 Å². The number of amides is 2. The summed E-state index contributed by atoms with van der Waals surface area (Å²) in [6, 6.07) is -0.599. The zero-order valence-electron chi connectivity index (χ0n) is 9.20. The number of hydrogen-bond acceptors (Lipinski definition) is 5. The van der Waals surface area contributed by atoms with E-state index in [2.05, 4.69) is 10.6 Å². The Morgan fingerprint density at radius 2 is 2.31 bits per heavy atom. The molecule has 0 aromatic carbocycles. The number of allylic oxidation sites excluding steroid dienone is 1. The van der Waals surface area contributed by atoms with E-state index >= 15 is 0 Å². The van der Waals surface area contributed by atoms with E-state index in [1.54, 1.807) is 13.8 Å². The first-order chi connectivity index (χ1) is 7.52. The van der Waals surface area contributed by atoms with E-state index in [0.717, 1.165) is 0 Å². The van der Waals surface area contributed by atoms with Crippen molar-refractivity contribution in [2.75, 3.05) is 6.61 Å². The quantitative estimate of drug-likeness (QED) is 0.382. The van der Waals surface area contributed by atoms with E-state index < -0.39 is 12.0 Å². The highest BCUT2D eigenvalue weighted by atomic mass is 16.5. The Labute approximate surface area is 93.0 Å². The van der Waals surface area contributed by atoms with Gasteiger partial charge in [-0.25, -0.2) is 4.79 Å². The molecule has 6 nitrogen and oxygen atoms in total. The summed E-state index contributed by atoms with van der Waals surface area (Å²) in [5, 5.41) is 4.94. The maximum atomic E-state index is 11.2. The van der Waals surface area contributed by atoms with Crippen molar-refractivity contribution in [2.45, 2.75) is 26.3 Å². The molecule has 6 heteroatoms. The van der Waals surface area contributed by atoms with E-state index in [0.29, 0.717) is 12.3 Å². The summed E-state index contributed by atoms with van der Waals surface area (Å²) >= 11 is 0. The summed E-state index contributed by atoms with van der Waals surface area (Å²) in [5.74, 6) is -1.16. The highest BCUT2D eigenvalue weighted by molar-refractivity contribution is 6.05. The summed E-state index contributed by atoms with van der Waals surface area (Å²) in [7, 11) is 0. The monoisotopic (exact) mass is 226 g/mol. The molecule has 0 saturated carbocycles. The molecule has 0 bridgehead atoms. The Bertz CT molecular complexity index is 349. The standard InChI is InChI=1S/C10H14N2O4/c1-3-16-9(14)4-6(2)11-7-5-8(13)12-10(7)15/h4,7,11H,3,5H2,1-2H3,(H,12,13,15)/b6-4-/t7-/m0/s1. The molecule has 1 aliphatic heterocycles. The average Bonchev–Trinajstić information content (AvgIpc) is 2.44. The Balaban J connectivity index is 2.51. The number of ether oxygens (including phenoxy) is 1. The molecule has 0 spiro atoms. The van der Waals surface area contributed by atoms with Gasteiger partial charge < -0.3 is 10.1 Å². The number of carbonyl (C=O) groups excluding carboxylic acids is 3. The average molecular weight is 226 g/mol. The van der Waals surface area contributed by atoms with Gasteiger partial charge in [0, 0.05) is 11.8 Å². The van der Waals surface area contributed by atoms with Crippen molar-refractivity contribution in [1.82, 2.24) is 10.6 Å². The van der Waals surface area contributed by atoms with Crippen LogP contribution in [0.5, 0.6) is 0 Å². The summed E-state index contributed by atoms with van der Waals surface area (Å²) in [5.41, 5.74) is 0.494. The van der Waals surface area contributed by atoms with E-state index in [1.165, 1.54) is 6.08 Å². The van der Waals surface area contributed by atoms with E-state index in [9.17, 15) is 14.4 Å².